The Labute approximate surface area is 246 Å². The second-order valence-corrected chi connectivity index (χ2v) is 11.3. The molecule has 0 unspecified atom stereocenters. The van der Waals surface area contributed by atoms with Crippen LogP contribution in [0.25, 0.3) is 11.3 Å². The normalized spacial score (nSPS) is 14.2. The number of aromatic amines is 1. The Balaban J connectivity index is 1.71. The monoisotopic (exact) mass is 582 g/mol. The van der Waals surface area contributed by atoms with Gasteiger partial charge in [0.15, 0.2) is 5.43 Å². The maximum absolute atomic E-state index is 13.6. The number of hydrogen-bond acceptors (Lipinski definition) is 7. The molecule has 1 fully saturated rings. The highest BCUT2D eigenvalue weighted by Gasteiger charge is 2.31. The number of ether oxygens (including phenoxy) is 2. The molecule has 1 atom stereocenters. The molecule has 0 radical (unpaired) electrons. The fraction of sp³-hybridized carbons (Fsp3) is 0.516. The summed E-state index contributed by atoms with van der Waals surface area (Å²) in [4.78, 5) is 70.2. The van der Waals surface area contributed by atoms with E-state index in [9.17, 15) is 24.0 Å². The number of piperazine rings is 1. The van der Waals surface area contributed by atoms with E-state index < -0.39 is 29.6 Å². The molecular weight excluding hydrogens is 540 g/mol. The number of pyridine rings is 1. The van der Waals surface area contributed by atoms with Gasteiger partial charge in [0, 0.05) is 50.4 Å². The van der Waals surface area contributed by atoms with Crippen LogP contribution in [0.2, 0.25) is 0 Å². The first kappa shape index (κ1) is 32.4. The number of carbonyl (C=O) groups is 4. The van der Waals surface area contributed by atoms with E-state index in [1.54, 1.807) is 42.7 Å². The van der Waals surface area contributed by atoms with Gasteiger partial charge in [-0.25, -0.2) is 4.79 Å². The molecule has 2 heterocycles. The van der Waals surface area contributed by atoms with Crippen molar-refractivity contribution >= 4 is 23.9 Å². The third kappa shape index (κ3) is 10.0. The van der Waals surface area contributed by atoms with Gasteiger partial charge in [-0.15, -0.1) is 0 Å². The number of hydrogen-bond donors (Lipinski definition) is 2. The molecule has 2 N–H and O–H groups in total. The smallest absolute Gasteiger partial charge is 0.409 e. The molecule has 1 aliphatic heterocycles. The van der Waals surface area contributed by atoms with Gasteiger partial charge in [-0.3, -0.25) is 19.2 Å². The highest BCUT2D eigenvalue weighted by atomic mass is 16.6. The highest BCUT2D eigenvalue weighted by Crippen LogP contribution is 2.16. The second kappa shape index (κ2) is 15.2. The Morgan fingerprint density at radius 1 is 0.976 bits per heavy atom. The molecule has 1 aliphatic rings. The van der Waals surface area contributed by atoms with Crippen LogP contribution in [0, 0.1) is 0 Å². The summed E-state index contributed by atoms with van der Waals surface area (Å²) >= 11 is 0. The van der Waals surface area contributed by atoms with Crippen molar-refractivity contribution in [1.82, 2.24) is 20.1 Å². The summed E-state index contributed by atoms with van der Waals surface area (Å²) in [6, 6.07) is 10.6. The largest absolute Gasteiger partial charge is 0.460 e. The van der Waals surface area contributed by atoms with Crippen LogP contribution in [-0.4, -0.2) is 83.1 Å². The zero-order chi connectivity index (χ0) is 30.7. The Morgan fingerprint density at radius 3 is 2.29 bits per heavy atom. The molecule has 11 heteroatoms. The first-order chi connectivity index (χ1) is 20.0. The molecule has 0 spiro atoms. The van der Waals surface area contributed by atoms with E-state index in [4.69, 9.17) is 9.47 Å². The number of H-pyrrole nitrogens is 1. The Kier molecular flexibility index (Phi) is 11.7. The van der Waals surface area contributed by atoms with Gasteiger partial charge < -0.3 is 29.6 Å². The average molecular weight is 583 g/mol. The quantitative estimate of drug-likeness (QED) is 0.304. The van der Waals surface area contributed by atoms with E-state index in [1.807, 2.05) is 18.2 Å². The van der Waals surface area contributed by atoms with Crippen LogP contribution in [0.1, 0.15) is 70.3 Å². The molecule has 0 bridgehead atoms. The number of unbranched alkanes of at least 4 members (excludes halogenated alkanes) is 2. The summed E-state index contributed by atoms with van der Waals surface area (Å²) in [5, 5.41) is 2.72. The molecule has 2 aromatic rings. The molecule has 0 saturated carbocycles. The molecule has 0 aliphatic carbocycles. The summed E-state index contributed by atoms with van der Waals surface area (Å²) in [6.45, 7) is 8.76. The zero-order valence-electron chi connectivity index (χ0n) is 24.9. The lowest BCUT2D eigenvalue weighted by atomic mass is 10.1. The lowest BCUT2D eigenvalue weighted by Crippen LogP contribution is -2.56. The molecule has 1 saturated heterocycles. The molecule has 3 rings (SSSR count). The average Bonchev–Trinajstić information content (AvgIpc) is 2.96. The molecule has 1 aromatic carbocycles. The van der Waals surface area contributed by atoms with Crippen molar-refractivity contribution in [3.63, 3.8) is 0 Å². The van der Waals surface area contributed by atoms with Crippen LogP contribution in [0.3, 0.4) is 0 Å². The Bertz CT molecular complexity index is 1280. The second-order valence-electron chi connectivity index (χ2n) is 11.3. The van der Waals surface area contributed by atoms with Crippen LogP contribution >= 0.6 is 0 Å². The molecule has 11 nitrogen and oxygen atoms in total. The van der Waals surface area contributed by atoms with E-state index in [1.165, 1.54) is 12.1 Å². The number of rotatable bonds is 11. The van der Waals surface area contributed by atoms with Crippen molar-refractivity contribution in [2.24, 2.45) is 0 Å². The third-order valence-electron chi connectivity index (χ3n) is 6.66. The summed E-state index contributed by atoms with van der Waals surface area (Å²) in [5.41, 5.74) is 0.115. The lowest BCUT2D eigenvalue weighted by Gasteiger charge is -2.36. The van der Waals surface area contributed by atoms with Crippen LogP contribution in [0.15, 0.2) is 47.3 Å². The van der Waals surface area contributed by atoms with Gasteiger partial charge in [-0.1, -0.05) is 50.1 Å². The minimum Gasteiger partial charge on any atom is -0.460 e. The first-order valence-corrected chi connectivity index (χ1v) is 14.5. The third-order valence-corrected chi connectivity index (χ3v) is 6.66. The van der Waals surface area contributed by atoms with Gasteiger partial charge in [-0.05, 0) is 39.2 Å². The van der Waals surface area contributed by atoms with Crippen molar-refractivity contribution in [1.29, 1.82) is 0 Å². The first-order valence-electron chi connectivity index (χ1n) is 14.5. The molecule has 42 heavy (non-hydrogen) atoms. The topological polar surface area (TPSA) is 138 Å². The number of aromatic nitrogens is 1. The highest BCUT2D eigenvalue weighted by molar-refractivity contribution is 5.96. The molecule has 1 aromatic heterocycles. The van der Waals surface area contributed by atoms with Gasteiger partial charge in [0.05, 0.1) is 6.61 Å². The zero-order valence-corrected chi connectivity index (χ0v) is 24.9. The van der Waals surface area contributed by atoms with E-state index in [2.05, 4.69) is 17.2 Å². The predicted molar refractivity (Wildman–Crippen MR) is 158 cm³/mol. The molecule has 3 amide bonds. The summed E-state index contributed by atoms with van der Waals surface area (Å²) in [6.07, 6.45) is 2.31. The van der Waals surface area contributed by atoms with E-state index >= 15 is 0 Å². The maximum atomic E-state index is 13.6. The standard InChI is InChI=1S/C31H42N4O7/c1-5-6-10-19-41-30(40)35-17-15-34(16-18-35)29(39)24(13-14-27(37)42-31(2,3)4)33-28(38)26-21-23(36)20-25(32-26)22-11-8-7-9-12-22/h7-9,11-12,20-21,24H,5-6,10,13-19H2,1-4H3,(H,32,36)(H,33,38)/t24-/m0/s1. The predicted octanol–water partition coefficient (Wildman–Crippen LogP) is 3.73. The lowest BCUT2D eigenvalue weighted by molar-refractivity contribution is -0.155. The minimum atomic E-state index is -1.05. The fourth-order valence-electron chi connectivity index (χ4n) is 4.52. The minimum absolute atomic E-state index is 0.00177. The number of nitrogens with zero attached hydrogens (tertiary/aromatic N) is 2. The van der Waals surface area contributed by atoms with Gasteiger partial charge in [0.25, 0.3) is 5.91 Å². The van der Waals surface area contributed by atoms with Gasteiger partial charge in [-0.2, -0.15) is 0 Å². The van der Waals surface area contributed by atoms with Gasteiger partial charge >= 0.3 is 12.1 Å². The number of esters is 1. The van der Waals surface area contributed by atoms with Crippen molar-refractivity contribution in [3.05, 3.63) is 58.4 Å². The number of nitrogens with one attached hydrogen (secondary N) is 2. The molecule has 228 valence electrons. The summed E-state index contributed by atoms with van der Waals surface area (Å²) in [5.74, 6) is -1.53. The maximum Gasteiger partial charge on any atom is 0.409 e. The number of amides is 3. The summed E-state index contributed by atoms with van der Waals surface area (Å²) in [7, 11) is 0. The Morgan fingerprint density at radius 2 is 1.64 bits per heavy atom. The van der Waals surface area contributed by atoms with Gasteiger partial charge in [0.1, 0.15) is 17.3 Å². The van der Waals surface area contributed by atoms with Gasteiger partial charge in [0.2, 0.25) is 5.91 Å². The van der Waals surface area contributed by atoms with Crippen molar-refractivity contribution < 1.29 is 28.7 Å². The van der Waals surface area contributed by atoms with Crippen molar-refractivity contribution in [3.8, 4) is 11.3 Å². The number of carbonyl (C=O) groups excluding carboxylic acids is 4. The van der Waals surface area contributed by atoms with Crippen LogP contribution in [0.4, 0.5) is 4.79 Å². The van der Waals surface area contributed by atoms with E-state index in [-0.39, 0.29) is 56.1 Å². The Hall–Kier alpha value is -4.15. The van der Waals surface area contributed by atoms with E-state index in [0.29, 0.717) is 12.3 Å². The van der Waals surface area contributed by atoms with Crippen LogP contribution in [-0.2, 0) is 19.1 Å². The molecular formula is C31H42N4O7. The number of benzene rings is 1. The van der Waals surface area contributed by atoms with Crippen LogP contribution in [0.5, 0.6) is 0 Å². The van der Waals surface area contributed by atoms with E-state index in [0.717, 1.165) is 24.8 Å². The fourth-order valence-corrected chi connectivity index (χ4v) is 4.52. The van der Waals surface area contributed by atoms with Crippen LogP contribution < -0.4 is 10.7 Å². The summed E-state index contributed by atoms with van der Waals surface area (Å²) < 4.78 is 10.7. The van der Waals surface area contributed by atoms with Crippen molar-refractivity contribution in [2.45, 2.75) is 71.4 Å². The SMILES string of the molecule is CCCCCOC(=O)N1CCN(C(=O)[C@H](CCC(=O)OC(C)(C)C)NC(=O)c2cc(=O)cc(-c3ccccc3)[nH]2)CC1. The van der Waals surface area contributed by atoms with Crippen molar-refractivity contribution in [2.75, 3.05) is 32.8 Å².